The van der Waals surface area contributed by atoms with Crippen molar-refractivity contribution in [2.24, 2.45) is 5.73 Å². The van der Waals surface area contributed by atoms with E-state index in [1.54, 1.807) is 18.3 Å². The third kappa shape index (κ3) is 4.20. The molecule has 0 atom stereocenters. The summed E-state index contributed by atoms with van der Waals surface area (Å²) < 4.78 is 0. The van der Waals surface area contributed by atoms with Gasteiger partial charge < -0.3 is 21.7 Å². The lowest BCUT2D eigenvalue weighted by Gasteiger charge is -2.37. The van der Waals surface area contributed by atoms with Crippen molar-refractivity contribution in [3.8, 4) is 0 Å². The summed E-state index contributed by atoms with van der Waals surface area (Å²) in [5, 5.41) is 3.57. The van der Waals surface area contributed by atoms with Crippen molar-refractivity contribution < 1.29 is 4.79 Å². The summed E-state index contributed by atoms with van der Waals surface area (Å²) in [4.78, 5) is 22.5. The highest BCUT2D eigenvalue weighted by Gasteiger charge is 2.27. The van der Waals surface area contributed by atoms with Crippen molar-refractivity contribution in [2.75, 3.05) is 29.0 Å². The predicted octanol–water partition coefficient (Wildman–Crippen LogP) is 2.75. The fourth-order valence-electron chi connectivity index (χ4n) is 2.73. The minimum Gasteiger partial charge on any atom is -0.381 e. The van der Waals surface area contributed by atoms with Crippen LogP contribution in [0.25, 0.3) is 0 Å². The van der Waals surface area contributed by atoms with E-state index in [-0.39, 0.29) is 5.54 Å². The number of hydrogen-bond acceptors (Lipinski definition) is 7. The first-order valence-corrected chi connectivity index (χ1v) is 9.42. The van der Waals surface area contributed by atoms with Crippen LogP contribution in [0.15, 0.2) is 34.3 Å². The second-order valence-corrected chi connectivity index (χ2v) is 7.95. The average molecular weight is 393 g/mol. The fourth-order valence-corrected chi connectivity index (χ4v) is 3.84. The van der Waals surface area contributed by atoms with Crippen molar-refractivity contribution >= 4 is 47.1 Å². The number of aromatic nitrogens is 2. The first kappa shape index (κ1) is 18.8. The lowest BCUT2D eigenvalue weighted by atomic mass is 9.91. The summed E-state index contributed by atoms with van der Waals surface area (Å²) in [6.45, 7) is 3.74. The maximum absolute atomic E-state index is 10.6. The molecule has 1 saturated heterocycles. The molecule has 2 heterocycles. The van der Waals surface area contributed by atoms with E-state index >= 15 is 0 Å². The Balaban J connectivity index is 1.77. The van der Waals surface area contributed by atoms with Gasteiger partial charge in [-0.3, -0.25) is 4.79 Å². The number of nitrogens with one attached hydrogen (secondary N) is 1. The quantitative estimate of drug-likeness (QED) is 0.671. The molecule has 2 aromatic rings. The van der Waals surface area contributed by atoms with E-state index < -0.39 is 0 Å². The van der Waals surface area contributed by atoms with Crippen LogP contribution in [-0.4, -0.2) is 35.0 Å². The Labute approximate surface area is 161 Å². The zero-order valence-electron chi connectivity index (χ0n) is 14.4. The van der Waals surface area contributed by atoms with Crippen molar-refractivity contribution in [2.45, 2.75) is 35.2 Å². The Hall–Kier alpha value is -2.03. The van der Waals surface area contributed by atoms with E-state index in [0.717, 1.165) is 36.6 Å². The van der Waals surface area contributed by atoms with Crippen LogP contribution in [0.2, 0.25) is 5.02 Å². The molecule has 0 unspecified atom stereocenters. The highest BCUT2D eigenvalue weighted by molar-refractivity contribution is 7.99. The van der Waals surface area contributed by atoms with Crippen LogP contribution in [0.5, 0.6) is 0 Å². The number of benzene rings is 1. The summed E-state index contributed by atoms with van der Waals surface area (Å²) in [7, 11) is 0. The first-order chi connectivity index (χ1) is 12.4. The van der Waals surface area contributed by atoms with Crippen LogP contribution in [-0.2, 0) is 4.79 Å². The monoisotopic (exact) mass is 392 g/mol. The molecule has 0 bridgehead atoms. The fraction of sp³-hybridized carbons (Fsp3) is 0.353. The largest absolute Gasteiger partial charge is 0.381 e. The molecule has 0 radical (unpaired) electrons. The van der Waals surface area contributed by atoms with E-state index in [1.165, 1.54) is 11.8 Å². The molecule has 9 heteroatoms. The van der Waals surface area contributed by atoms with Crippen LogP contribution < -0.4 is 21.7 Å². The van der Waals surface area contributed by atoms with Gasteiger partial charge in [0.05, 0.1) is 16.9 Å². The van der Waals surface area contributed by atoms with Crippen LogP contribution >= 0.6 is 23.4 Å². The Morgan fingerprint density at radius 2 is 2.12 bits per heavy atom. The van der Waals surface area contributed by atoms with Gasteiger partial charge in [-0.05, 0) is 31.9 Å². The number of nitrogen functional groups attached to an aromatic ring is 1. The number of nitrogens with two attached hydrogens (primary N) is 2. The second-order valence-electron chi connectivity index (χ2n) is 6.54. The lowest BCUT2D eigenvalue weighted by molar-refractivity contribution is -0.105. The number of halogens is 1. The SMILES string of the molecule is CC1(N)CCN(c2cnc(Sc3cccc(NC=O)c3Cl)c(N)n2)CC1. The molecular formula is C17H21ClN6OS. The molecule has 1 amide bonds. The summed E-state index contributed by atoms with van der Waals surface area (Å²) in [6, 6.07) is 5.36. The number of nitrogens with zero attached hydrogens (tertiary/aromatic N) is 3. The van der Waals surface area contributed by atoms with Gasteiger partial charge in [0.15, 0.2) is 5.82 Å². The maximum Gasteiger partial charge on any atom is 0.211 e. The number of hydrogen-bond donors (Lipinski definition) is 3. The number of rotatable bonds is 5. The van der Waals surface area contributed by atoms with Crippen LogP contribution in [0.4, 0.5) is 17.3 Å². The second kappa shape index (κ2) is 7.69. The minimum atomic E-state index is -0.122. The molecule has 7 nitrogen and oxygen atoms in total. The third-order valence-corrected chi connectivity index (χ3v) is 5.95. The molecule has 0 spiro atoms. The van der Waals surface area contributed by atoms with Crippen LogP contribution in [0.3, 0.4) is 0 Å². The van der Waals surface area contributed by atoms with Crippen molar-refractivity contribution in [1.29, 1.82) is 0 Å². The smallest absolute Gasteiger partial charge is 0.211 e. The molecule has 138 valence electrons. The summed E-state index contributed by atoms with van der Waals surface area (Å²) in [5.74, 6) is 1.10. The number of amides is 1. The standard InChI is InChI=1S/C17H21ClN6OS/c1-17(20)5-7-24(8-6-17)13-9-21-16(15(19)23-13)26-12-4-2-3-11(14(12)18)22-10-25/h2-4,9-10H,5-8,20H2,1H3,(H2,19,23)(H,22,25). The molecule has 1 aromatic heterocycles. The highest BCUT2D eigenvalue weighted by atomic mass is 35.5. The number of anilines is 3. The summed E-state index contributed by atoms with van der Waals surface area (Å²) >= 11 is 7.63. The van der Waals surface area contributed by atoms with Gasteiger partial charge >= 0.3 is 0 Å². The summed E-state index contributed by atoms with van der Waals surface area (Å²) in [6.07, 6.45) is 4.11. The van der Waals surface area contributed by atoms with Gasteiger partial charge in [-0.2, -0.15) is 0 Å². The normalized spacial score (nSPS) is 16.3. The zero-order valence-corrected chi connectivity index (χ0v) is 16.0. The van der Waals surface area contributed by atoms with Gasteiger partial charge in [-0.25, -0.2) is 9.97 Å². The molecule has 1 aliphatic heterocycles. The molecule has 0 aliphatic carbocycles. The van der Waals surface area contributed by atoms with Crippen molar-refractivity contribution in [1.82, 2.24) is 9.97 Å². The van der Waals surface area contributed by atoms with Crippen LogP contribution in [0, 0.1) is 0 Å². The number of carbonyl (C=O) groups excluding carboxylic acids is 1. The van der Waals surface area contributed by atoms with Gasteiger partial charge in [0.2, 0.25) is 6.41 Å². The Kier molecular flexibility index (Phi) is 5.55. The van der Waals surface area contributed by atoms with Gasteiger partial charge in [0.25, 0.3) is 0 Å². The van der Waals surface area contributed by atoms with E-state index in [9.17, 15) is 4.79 Å². The Bertz CT molecular complexity index is 806. The van der Waals surface area contributed by atoms with E-state index in [0.29, 0.717) is 28.0 Å². The molecule has 0 saturated carbocycles. The Morgan fingerprint density at radius 1 is 1.38 bits per heavy atom. The molecule has 26 heavy (non-hydrogen) atoms. The van der Waals surface area contributed by atoms with Gasteiger partial charge in [-0.15, -0.1) is 0 Å². The molecule has 1 fully saturated rings. The van der Waals surface area contributed by atoms with E-state index in [4.69, 9.17) is 23.1 Å². The van der Waals surface area contributed by atoms with Crippen molar-refractivity contribution in [3.63, 3.8) is 0 Å². The molecule has 5 N–H and O–H groups in total. The average Bonchev–Trinajstić information content (AvgIpc) is 2.60. The number of carbonyl (C=O) groups is 1. The van der Waals surface area contributed by atoms with Crippen LogP contribution in [0.1, 0.15) is 19.8 Å². The molecule has 3 rings (SSSR count). The van der Waals surface area contributed by atoms with Crippen molar-refractivity contribution in [3.05, 3.63) is 29.4 Å². The Morgan fingerprint density at radius 3 is 2.77 bits per heavy atom. The lowest BCUT2D eigenvalue weighted by Crippen LogP contribution is -2.48. The topological polar surface area (TPSA) is 110 Å². The minimum absolute atomic E-state index is 0.122. The predicted molar refractivity (Wildman–Crippen MR) is 106 cm³/mol. The zero-order chi connectivity index (χ0) is 18.7. The third-order valence-electron chi connectivity index (χ3n) is 4.37. The van der Waals surface area contributed by atoms with E-state index in [1.807, 2.05) is 6.07 Å². The molecule has 1 aromatic carbocycles. The number of piperidine rings is 1. The van der Waals surface area contributed by atoms with Gasteiger partial charge in [0.1, 0.15) is 10.8 Å². The van der Waals surface area contributed by atoms with E-state index in [2.05, 4.69) is 27.1 Å². The molecule has 1 aliphatic rings. The molecular weight excluding hydrogens is 372 g/mol. The first-order valence-electron chi connectivity index (χ1n) is 8.22. The van der Waals surface area contributed by atoms with Gasteiger partial charge in [-0.1, -0.05) is 29.4 Å². The highest BCUT2D eigenvalue weighted by Crippen LogP contribution is 2.38. The van der Waals surface area contributed by atoms with Gasteiger partial charge in [0, 0.05) is 23.5 Å². The maximum atomic E-state index is 10.6. The summed E-state index contributed by atoms with van der Waals surface area (Å²) in [5.41, 5.74) is 12.7.